The third kappa shape index (κ3) is 5.79. The SMILES string of the molecule is Cc1ccc(-c2c3nc(c(-c4ccc(C#N)cc4)c4ccc([nH]4)c(-c4ccc(C)cc4)c4nc(c(-c5ccc(C#N)cc5)c5ccc2[nH]5)C=C4)C=C3)cc1. The third-order valence-electron chi connectivity index (χ3n) is 10.0. The van der Waals surface area contributed by atoms with E-state index in [1.165, 1.54) is 11.1 Å². The highest BCUT2D eigenvalue weighted by Gasteiger charge is 2.19. The monoisotopic (exact) mass is 692 g/mol. The number of nitrogens with one attached hydrogen (secondary N) is 2. The van der Waals surface area contributed by atoms with Crippen molar-refractivity contribution in [3.63, 3.8) is 0 Å². The zero-order chi connectivity index (χ0) is 36.8. The Balaban J connectivity index is 1.46. The van der Waals surface area contributed by atoms with Crippen LogP contribution in [0, 0.1) is 36.5 Å². The van der Waals surface area contributed by atoms with Crippen LogP contribution in [-0.2, 0) is 0 Å². The molecule has 0 unspecified atom stereocenters. The van der Waals surface area contributed by atoms with Gasteiger partial charge in [0.25, 0.3) is 0 Å². The van der Waals surface area contributed by atoms with E-state index in [-0.39, 0.29) is 0 Å². The maximum atomic E-state index is 9.58. The normalized spacial score (nSPS) is 11.7. The Morgan fingerprint density at radius 2 is 0.630 bits per heavy atom. The molecule has 2 aliphatic heterocycles. The number of aromatic amines is 2. The quantitative estimate of drug-likeness (QED) is 0.191. The second kappa shape index (κ2) is 13.2. The van der Waals surface area contributed by atoms with Crippen LogP contribution in [0.25, 0.3) is 90.9 Å². The summed E-state index contributed by atoms with van der Waals surface area (Å²) in [6.07, 6.45) is 8.30. The molecule has 8 bridgehead atoms. The van der Waals surface area contributed by atoms with E-state index >= 15 is 0 Å². The van der Waals surface area contributed by atoms with Gasteiger partial charge in [0.05, 0.1) is 46.0 Å². The zero-order valence-corrected chi connectivity index (χ0v) is 29.6. The lowest BCUT2D eigenvalue weighted by atomic mass is 10.0. The summed E-state index contributed by atoms with van der Waals surface area (Å²) >= 11 is 0. The van der Waals surface area contributed by atoms with Crippen molar-refractivity contribution in [1.29, 1.82) is 10.5 Å². The number of hydrogen-bond acceptors (Lipinski definition) is 4. The van der Waals surface area contributed by atoms with E-state index in [0.29, 0.717) is 11.1 Å². The number of hydrogen-bond donors (Lipinski definition) is 2. The molecular weight excluding hydrogens is 661 g/mol. The molecule has 0 aliphatic carbocycles. The van der Waals surface area contributed by atoms with Crippen LogP contribution in [0.5, 0.6) is 0 Å². The maximum Gasteiger partial charge on any atom is 0.0991 e. The molecule has 0 saturated carbocycles. The number of aryl methyl sites for hydroxylation is 2. The van der Waals surface area contributed by atoms with E-state index in [1.807, 2.05) is 48.5 Å². The standard InChI is InChI=1S/C48H32N6/c1-29-3-11-33(12-4-29)45-37-19-23-41(51-37)47(35-15-7-31(27-49)8-16-35)43-25-21-39(53-43)46(34-13-5-30(2)6-14-34)40-22-26-44(54-40)48(42-24-20-38(45)52-42)36-17-9-32(28-50)10-18-36/h3-26,51,54H,1-2H3. The Hall–Kier alpha value is -7.54. The summed E-state index contributed by atoms with van der Waals surface area (Å²) in [5.74, 6) is 0. The lowest BCUT2D eigenvalue weighted by Gasteiger charge is -2.07. The van der Waals surface area contributed by atoms with E-state index in [9.17, 15) is 10.5 Å². The summed E-state index contributed by atoms with van der Waals surface area (Å²) in [7, 11) is 0. The van der Waals surface area contributed by atoms with Crippen LogP contribution in [0.15, 0.2) is 121 Å². The van der Waals surface area contributed by atoms with Gasteiger partial charge in [-0.2, -0.15) is 10.5 Å². The number of fused-ring (bicyclic) bond motifs is 8. The summed E-state index contributed by atoms with van der Waals surface area (Å²) in [6.45, 7) is 4.17. The van der Waals surface area contributed by atoms with Crippen LogP contribution in [0.2, 0.25) is 0 Å². The number of nitrogens with zero attached hydrogens (tertiary/aromatic N) is 4. The van der Waals surface area contributed by atoms with Crippen molar-refractivity contribution in [3.05, 3.63) is 166 Å². The fourth-order valence-corrected chi connectivity index (χ4v) is 7.28. The predicted molar refractivity (Wildman–Crippen MR) is 220 cm³/mol. The first-order valence-electron chi connectivity index (χ1n) is 17.8. The molecule has 9 rings (SSSR count). The number of aromatic nitrogens is 4. The van der Waals surface area contributed by atoms with Crippen LogP contribution >= 0.6 is 0 Å². The minimum atomic E-state index is 0.596. The number of benzene rings is 4. The molecule has 2 N–H and O–H groups in total. The smallest absolute Gasteiger partial charge is 0.0991 e. The van der Waals surface area contributed by atoms with Gasteiger partial charge in [-0.3, -0.25) is 0 Å². The topological polar surface area (TPSA) is 105 Å². The summed E-state index contributed by atoms with van der Waals surface area (Å²) < 4.78 is 0. The molecule has 4 aromatic carbocycles. The molecule has 7 aromatic rings. The van der Waals surface area contributed by atoms with Crippen molar-refractivity contribution >= 4 is 46.4 Å². The second-order valence-corrected chi connectivity index (χ2v) is 13.6. The van der Waals surface area contributed by atoms with Crippen LogP contribution < -0.4 is 0 Å². The first-order chi connectivity index (χ1) is 26.4. The molecule has 0 amide bonds. The third-order valence-corrected chi connectivity index (χ3v) is 10.0. The Labute approximate surface area is 312 Å². The van der Waals surface area contributed by atoms with Crippen molar-refractivity contribution in [2.75, 3.05) is 0 Å². The van der Waals surface area contributed by atoms with E-state index in [4.69, 9.17) is 9.97 Å². The molecule has 0 atom stereocenters. The number of nitriles is 2. The first kappa shape index (κ1) is 32.4. The Kier molecular flexibility index (Phi) is 7.92. The van der Waals surface area contributed by atoms with E-state index in [2.05, 4.69) is 133 Å². The summed E-state index contributed by atoms with van der Waals surface area (Å²) in [5, 5.41) is 19.2. The molecule has 6 heteroatoms. The van der Waals surface area contributed by atoms with Crippen molar-refractivity contribution < 1.29 is 0 Å². The zero-order valence-electron chi connectivity index (χ0n) is 29.6. The van der Waals surface area contributed by atoms with Crippen molar-refractivity contribution in [2.24, 2.45) is 0 Å². The minimum Gasteiger partial charge on any atom is -0.354 e. The average Bonchev–Trinajstić information content (AvgIpc) is 4.05. The molecule has 54 heavy (non-hydrogen) atoms. The molecule has 5 heterocycles. The molecule has 254 valence electrons. The number of H-pyrrole nitrogens is 2. The van der Waals surface area contributed by atoms with Crippen LogP contribution in [0.4, 0.5) is 0 Å². The lowest BCUT2D eigenvalue weighted by molar-refractivity contribution is 1.31. The van der Waals surface area contributed by atoms with Gasteiger partial charge in [-0.25, -0.2) is 9.97 Å². The molecule has 0 spiro atoms. The van der Waals surface area contributed by atoms with Gasteiger partial charge in [0, 0.05) is 44.3 Å². The van der Waals surface area contributed by atoms with Crippen molar-refractivity contribution in [1.82, 2.24) is 19.9 Å². The summed E-state index contributed by atoms with van der Waals surface area (Å²) in [6, 6.07) is 45.3. The second-order valence-electron chi connectivity index (χ2n) is 13.6. The van der Waals surface area contributed by atoms with Gasteiger partial charge in [-0.15, -0.1) is 0 Å². The van der Waals surface area contributed by atoms with E-state index in [0.717, 1.165) is 89.4 Å². The molecule has 0 radical (unpaired) electrons. The van der Waals surface area contributed by atoms with Crippen LogP contribution in [0.1, 0.15) is 45.0 Å². The van der Waals surface area contributed by atoms with Gasteiger partial charge in [0.2, 0.25) is 0 Å². The first-order valence-corrected chi connectivity index (χ1v) is 17.8. The Morgan fingerprint density at radius 1 is 0.370 bits per heavy atom. The summed E-state index contributed by atoms with van der Waals surface area (Å²) in [5.41, 5.74) is 18.2. The molecule has 2 aliphatic rings. The van der Waals surface area contributed by atoms with Gasteiger partial charge in [-0.05, 0) is 109 Å². The molecule has 0 fully saturated rings. The van der Waals surface area contributed by atoms with Crippen molar-refractivity contribution in [2.45, 2.75) is 13.8 Å². The fraction of sp³-hybridized carbons (Fsp3) is 0.0417. The van der Waals surface area contributed by atoms with Crippen LogP contribution in [-0.4, -0.2) is 19.9 Å². The lowest BCUT2D eigenvalue weighted by Crippen LogP contribution is -1.90. The van der Waals surface area contributed by atoms with Gasteiger partial charge in [-0.1, -0.05) is 83.9 Å². The summed E-state index contributed by atoms with van der Waals surface area (Å²) in [4.78, 5) is 18.2. The fourth-order valence-electron chi connectivity index (χ4n) is 7.28. The van der Waals surface area contributed by atoms with E-state index < -0.39 is 0 Å². The Morgan fingerprint density at radius 3 is 0.889 bits per heavy atom. The Bertz CT molecular complexity index is 2720. The van der Waals surface area contributed by atoms with Gasteiger partial charge in [0.15, 0.2) is 0 Å². The van der Waals surface area contributed by atoms with Crippen LogP contribution in [0.3, 0.4) is 0 Å². The largest absolute Gasteiger partial charge is 0.354 e. The molecular formula is C48H32N6. The minimum absolute atomic E-state index is 0.596. The maximum absolute atomic E-state index is 9.58. The highest BCUT2D eigenvalue weighted by Crippen LogP contribution is 2.38. The van der Waals surface area contributed by atoms with Gasteiger partial charge >= 0.3 is 0 Å². The van der Waals surface area contributed by atoms with Crippen molar-refractivity contribution in [3.8, 4) is 56.6 Å². The molecule has 3 aromatic heterocycles. The van der Waals surface area contributed by atoms with Gasteiger partial charge in [0.1, 0.15) is 0 Å². The molecule has 0 saturated heterocycles. The predicted octanol–water partition coefficient (Wildman–Crippen LogP) is 11.7. The van der Waals surface area contributed by atoms with Gasteiger partial charge < -0.3 is 9.97 Å². The van der Waals surface area contributed by atoms with E-state index in [1.54, 1.807) is 0 Å². The highest BCUT2D eigenvalue weighted by molar-refractivity contribution is 5.99. The number of rotatable bonds is 4. The molecule has 6 nitrogen and oxygen atoms in total. The average molecular weight is 693 g/mol. The highest BCUT2D eigenvalue weighted by atomic mass is 14.8.